The molecule has 1 aromatic carbocycles. The number of halogens is 1. The summed E-state index contributed by atoms with van der Waals surface area (Å²) in [6, 6.07) is 8.29. The Labute approximate surface area is 99.9 Å². The number of rotatable bonds is 3. The van der Waals surface area contributed by atoms with Gasteiger partial charge in [0.15, 0.2) is 5.82 Å². The highest BCUT2D eigenvalue weighted by atomic mass is 35.5. The maximum atomic E-state index is 5.66. The summed E-state index contributed by atoms with van der Waals surface area (Å²) in [7, 11) is 0. The van der Waals surface area contributed by atoms with E-state index in [2.05, 4.69) is 41.2 Å². The maximum Gasteiger partial charge on any atom is 0.181 e. The second-order valence-electron chi connectivity index (χ2n) is 4.02. The van der Waals surface area contributed by atoms with Crippen molar-refractivity contribution in [3.63, 3.8) is 0 Å². The summed E-state index contributed by atoms with van der Waals surface area (Å²) >= 11 is 5.66. The predicted molar refractivity (Wildman–Crippen MR) is 65.5 cm³/mol. The molecule has 0 saturated carbocycles. The molecule has 0 unspecified atom stereocenters. The summed E-state index contributed by atoms with van der Waals surface area (Å²) in [6.45, 7) is 4.35. The molecule has 1 heterocycles. The average Bonchev–Trinajstić information content (AvgIpc) is 2.77. The van der Waals surface area contributed by atoms with E-state index in [4.69, 9.17) is 11.6 Å². The number of hydrogen-bond donors (Lipinski definition) is 1. The molecule has 3 nitrogen and oxygen atoms in total. The molecule has 0 amide bonds. The minimum Gasteiger partial charge on any atom is -0.262 e. The van der Waals surface area contributed by atoms with Crippen LogP contribution in [-0.4, -0.2) is 15.2 Å². The third-order valence-electron chi connectivity index (χ3n) is 2.49. The van der Waals surface area contributed by atoms with Gasteiger partial charge in [0.05, 0.1) is 5.88 Å². The van der Waals surface area contributed by atoms with Crippen molar-refractivity contribution >= 4 is 11.6 Å². The van der Waals surface area contributed by atoms with E-state index in [1.165, 1.54) is 5.56 Å². The average molecular weight is 236 g/mol. The van der Waals surface area contributed by atoms with Gasteiger partial charge in [0.25, 0.3) is 0 Å². The zero-order chi connectivity index (χ0) is 11.5. The van der Waals surface area contributed by atoms with Crippen LogP contribution in [0.3, 0.4) is 0 Å². The molecule has 0 atom stereocenters. The number of nitrogens with zero attached hydrogens (tertiary/aromatic N) is 2. The lowest BCUT2D eigenvalue weighted by Gasteiger charge is -2.04. The molecule has 2 aromatic rings. The molecule has 0 aliphatic heterocycles. The van der Waals surface area contributed by atoms with Crippen molar-refractivity contribution in [2.24, 2.45) is 0 Å². The largest absolute Gasteiger partial charge is 0.262 e. The lowest BCUT2D eigenvalue weighted by atomic mass is 10.0. The van der Waals surface area contributed by atoms with Gasteiger partial charge in [-0.05, 0) is 11.5 Å². The van der Waals surface area contributed by atoms with Crippen LogP contribution in [0, 0.1) is 0 Å². The zero-order valence-electron chi connectivity index (χ0n) is 9.37. The van der Waals surface area contributed by atoms with Crippen molar-refractivity contribution < 1.29 is 0 Å². The minimum absolute atomic E-state index is 0.358. The molecule has 4 heteroatoms. The Morgan fingerprint density at radius 2 is 1.94 bits per heavy atom. The normalized spacial score (nSPS) is 11.0. The molecule has 2 rings (SSSR count). The Morgan fingerprint density at radius 3 is 2.44 bits per heavy atom. The molecule has 0 spiro atoms. The van der Waals surface area contributed by atoms with E-state index in [-0.39, 0.29) is 0 Å². The summed E-state index contributed by atoms with van der Waals surface area (Å²) in [6.07, 6.45) is 0. The van der Waals surface area contributed by atoms with E-state index in [0.29, 0.717) is 23.4 Å². The minimum atomic E-state index is 0.358. The van der Waals surface area contributed by atoms with Gasteiger partial charge in [0, 0.05) is 5.56 Å². The summed E-state index contributed by atoms with van der Waals surface area (Å²) in [5, 5.41) is 6.91. The van der Waals surface area contributed by atoms with Crippen LogP contribution in [0.5, 0.6) is 0 Å². The number of hydrogen-bond acceptors (Lipinski definition) is 2. The topological polar surface area (TPSA) is 41.6 Å². The Bertz CT molecular complexity index is 459. The van der Waals surface area contributed by atoms with Crippen molar-refractivity contribution in [1.29, 1.82) is 0 Å². The van der Waals surface area contributed by atoms with Gasteiger partial charge in [0.2, 0.25) is 0 Å². The van der Waals surface area contributed by atoms with Crippen molar-refractivity contribution in [2.45, 2.75) is 25.6 Å². The quantitative estimate of drug-likeness (QED) is 0.830. The van der Waals surface area contributed by atoms with Gasteiger partial charge in [-0.2, -0.15) is 5.10 Å². The Hall–Kier alpha value is -1.35. The summed E-state index contributed by atoms with van der Waals surface area (Å²) in [4.78, 5) is 4.27. The maximum absolute atomic E-state index is 5.66. The third kappa shape index (κ3) is 2.25. The number of benzene rings is 1. The first-order chi connectivity index (χ1) is 7.70. The van der Waals surface area contributed by atoms with Gasteiger partial charge < -0.3 is 0 Å². The number of alkyl halides is 1. The van der Waals surface area contributed by atoms with Crippen molar-refractivity contribution in [3.05, 3.63) is 35.7 Å². The Kier molecular flexibility index (Phi) is 3.25. The predicted octanol–water partition coefficient (Wildman–Crippen LogP) is 3.33. The molecule has 0 radical (unpaired) electrons. The molecule has 84 valence electrons. The lowest BCUT2D eigenvalue weighted by Crippen LogP contribution is -1.87. The van der Waals surface area contributed by atoms with Crippen LogP contribution in [-0.2, 0) is 5.88 Å². The highest BCUT2D eigenvalue weighted by molar-refractivity contribution is 6.16. The molecule has 1 aromatic heterocycles. The molecule has 0 bridgehead atoms. The first-order valence-electron chi connectivity index (χ1n) is 5.28. The number of aromatic amines is 1. The van der Waals surface area contributed by atoms with E-state index in [1.54, 1.807) is 0 Å². The molecule has 1 N–H and O–H groups in total. The zero-order valence-corrected chi connectivity index (χ0v) is 10.1. The highest BCUT2D eigenvalue weighted by Gasteiger charge is 2.05. The van der Waals surface area contributed by atoms with E-state index in [9.17, 15) is 0 Å². The monoisotopic (exact) mass is 235 g/mol. The van der Waals surface area contributed by atoms with Crippen LogP contribution in [0.1, 0.15) is 31.2 Å². The second-order valence-corrected chi connectivity index (χ2v) is 4.28. The summed E-state index contributed by atoms with van der Waals surface area (Å²) in [5.41, 5.74) is 2.33. The molecule has 0 aliphatic carbocycles. The van der Waals surface area contributed by atoms with Crippen LogP contribution < -0.4 is 0 Å². The molecular formula is C12H14ClN3. The fraction of sp³-hybridized carbons (Fsp3) is 0.333. The van der Waals surface area contributed by atoms with Gasteiger partial charge in [-0.15, -0.1) is 11.6 Å². The highest BCUT2D eigenvalue weighted by Crippen LogP contribution is 2.19. The van der Waals surface area contributed by atoms with Crippen LogP contribution >= 0.6 is 11.6 Å². The SMILES string of the molecule is CC(C)c1ccc(-c2n[nH]c(CCl)n2)cc1. The molecular weight excluding hydrogens is 222 g/mol. The fourth-order valence-electron chi connectivity index (χ4n) is 1.50. The lowest BCUT2D eigenvalue weighted by molar-refractivity contribution is 0.867. The number of H-pyrrole nitrogens is 1. The van der Waals surface area contributed by atoms with E-state index >= 15 is 0 Å². The number of nitrogens with one attached hydrogen (secondary N) is 1. The fourth-order valence-corrected chi connectivity index (χ4v) is 1.62. The van der Waals surface area contributed by atoms with Crippen LogP contribution in [0.4, 0.5) is 0 Å². The smallest absolute Gasteiger partial charge is 0.181 e. The Morgan fingerprint density at radius 1 is 1.25 bits per heavy atom. The van der Waals surface area contributed by atoms with Gasteiger partial charge in [-0.1, -0.05) is 38.1 Å². The first-order valence-corrected chi connectivity index (χ1v) is 5.81. The van der Waals surface area contributed by atoms with Gasteiger partial charge >= 0.3 is 0 Å². The number of aromatic nitrogens is 3. The van der Waals surface area contributed by atoms with Gasteiger partial charge in [0.1, 0.15) is 5.82 Å². The molecule has 0 aliphatic rings. The third-order valence-corrected chi connectivity index (χ3v) is 2.75. The Balaban J connectivity index is 2.27. The van der Waals surface area contributed by atoms with Crippen LogP contribution in [0.25, 0.3) is 11.4 Å². The van der Waals surface area contributed by atoms with Crippen molar-refractivity contribution in [1.82, 2.24) is 15.2 Å². The van der Waals surface area contributed by atoms with E-state index < -0.39 is 0 Å². The second kappa shape index (κ2) is 4.66. The van der Waals surface area contributed by atoms with Gasteiger partial charge in [-0.3, -0.25) is 5.10 Å². The van der Waals surface area contributed by atoms with E-state index in [0.717, 1.165) is 5.56 Å². The molecule has 0 saturated heterocycles. The van der Waals surface area contributed by atoms with Crippen LogP contribution in [0.15, 0.2) is 24.3 Å². The standard InChI is InChI=1S/C12H14ClN3/c1-8(2)9-3-5-10(6-4-9)12-14-11(7-13)15-16-12/h3-6,8H,7H2,1-2H3,(H,14,15,16). The van der Waals surface area contributed by atoms with Gasteiger partial charge in [-0.25, -0.2) is 4.98 Å². The van der Waals surface area contributed by atoms with Crippen LogP contribution in [0.2, 0.25) is 0 Å². The summed E-state index contributed by atoms with van der Waals surface area (Å²) < 4.78 is 0. The molecule has 0 fully saturated rings. The van der Waals surface area contributed by atoms with Crippen molar-refractivity contribution in [3.8, 4) is 11.4 Å². The summed E-state index contributed by atoms with van der Waals surface area (Å²) in [5.74, 6) is 2.30. The van der Waals surface area contributed by atoms with E-state index in [1.807, 2.05) is 12.1 Å². The first kappa shape index (κ1) is 11.1. The van der Waals surface area contributed by atoms with Crippen molar-refractivity contribution in [2.75, 3.05) is 0 Å². The molecule has 16 heavy (non-hydrogen) atoms.